The lowest BCUT2D eigenvalue weighted by Gasteiger charge is -2.42. The summed E-state index contributed by atoms with van der Waals surface area (Å²) in [5, 5.41) is 7.37. The number of aryl methyl sites for hydroxylation is 1. The molecule has 5 rings (SSSR count). The Labute approximate surface area is 180 Å². The maximum absolute atomic E-state index is 14.2. The predicted octanol–water partition coefficient (Wildman–Crippen LogP) is 2.54. The van der Waals surface area contributed by atoms with E-state index in [4.69, 9.17) is 0 Å². The molecule has 8 heteroatoms. The first-order valence-electron chi connectivity index (χ1n) is 10.9. The number of fused-ring (bicyclic) bond motifs is 3. The number of likely N-dealkylation sites (tertiary alicyclic amines) is 1. The number of hydrogen-bond acceptors (Lipinski definition) is 5. The molecule has 2 bridgehead atoms. The SMILES string of the molecule is Cc1ccc(N2C3CCC2CN(C(=O)CCNCc2c(F)ccn4nccc24)C3)nc1. The van der Waals surface area contributed by atoms with Crippen LogP contribution >= 0.6 is 0 Å². The second-order valence-electron chi connectivity index (χ2n) is 8.51. The summed E-state index contributed by atoms with van der Waals surface area (Å²) in [6.45, 7) is 4.42. The van der Waals surface area contributed by atoms with Crippen LogP contribution in [0.4, 0.5) is 10.2 Å². The van der Waals surface area contributed by atoms with Crippen LogP contribution in [0.1, 0.15) is 30.4 Å². The standard InChI is InChI=1S/C23H27FN6O/c1-16-2-5-22(26-12-16)30-17-3-4-18(30)15-28(14-17)23(31)7-9-25-13-19-20(24)8-11-29-21(19)6-10-27-29/h2,5-6,8,10-12,17-18,25H,3-4,7,9,13-15H2,1H3. The van der Waals surface area contributed by atoms with E-state index in [2.05, 4.69) is 32.4 Å². The summed E-state index contributed by atoms with van der Waals surface area (Å²) < 4.78 is 15.9. The molecule has 3 aromatic rings. The predicted molar refractivity (Wildman–Crippen MR) is 116 cm³/mol. The molecule has 0 saturated carbocycles. The van der Waals surface area contributed by atoms with Crippen molar-refractivity contribution in [2.24, 2.45) is 0 Å². The fourth-order valence-electron chi connectivity index (χ4n) is 4.87. The van der Waals surface area contributed by atoms with Gasteiger partial charge in [0, 0.05) is 68.8 Å². The van der Waals surface area contributed by atoms with Gasteiger partial charge in [-0.05, 0) is 43.5 Å². The number of pyridine rings is 2. The molecule has 0 aromatic carbocycles. The number of anilines is 1. The van der Waals surface area contributed by atoms with Crippen LogP contribution in [0.2, 0.25) is 0 Å². The Morgan fingerprint density at radius 3 is 2.74 bits per heavy atom. The van der Waals surface area contributed by atoms with Crippen LogP contribution in [0.25, 0.3) is 5.52 Å². The lowest BCUT2D eigenvalue weighted by Crippen LogP contribution is -2.56. The van der Waals surface area contributed by atoms with Crippen LogP contribution < -0.4 is 10.2 Å². The highest BCUT2D eigenvalue weighted by Gasteiger charge is 2.41. The summed E-state index contributed by atoms with van der Waals surface area (Å²) in [5.41, 5.74) is 2.47. The van der Waals surface area contributed by atoms with Crippen molar-refractivity contribution in [2.75, 3.05) is 24.5 Å². The van der Waals surface area contributed by atoms with Crippen LogP contribution in [-0.4, -0.2) is 57.1 Å². The van der Waals surface area contributed by atoms with Gasteiger partial charge in [-0.25, -0.2) is 13.9 Å². The third kappa shape index (κ3) is 3.87. The smallest absolute Gasteiger partial charge is 0.223 e. The number of nitrogens with zero attached hydrogens (tertiary/aromatic N) is 5. The minimum atomic E-state index is -0.260. The second-order valence-corrected chi connectivity index (χ2v) is 8.51. The molecule has 2 aliphatic rings. The van der Waals surface area contributed by atoms with Crippen molar-refractivity contribution in [3.63, 3.8) is 0 Å². The summed E-state index contributed by atoms with van der Waals surface area (Å²) >= 11 is 0. The van der Waals surface area contributed by atoms with E-state index in [0.29, 0.717) is 37.2 Å². The molecule has 0 radical (unpaired) electrons. The number of halogens is 1. The number of nitrogens with one attached hydrogen (secondary N) is 1. The molecule has 2 atom stereocenters. The number of aromatic nitrogens is 3. The highest BCUT2D eigenvalue weighted by Crippen LogP contribution is 2.34. The Balaban J connectivity index is 1.15. The molecule has 0 aliphatic carbocycles. The number of carbonyl (C=O) groups excluding carboxylic acids is 1. The van der Waals surface area contributed by atoms with Crippen LogP contribution in [0.3, 0.4) is 0 Å². The summed E-state index contributed by atoms with van der Waals surface area (Å²) in [7, 11) is 0. The largest absolute Gasteiger partial charge is 0.347 e. The first kappa shape index (κ1) is 19.9. The van der Waals surface area contributed by atoms with Crippen LogP contribution in [0.5, 0.6) is 0 Å². The zero-order chi connectivity index (χ0) is 21.4. The zero-order valence-electron chi connectivity index (χ0n) is 17.7. The molecule has 2 aliphatic heterocycles. The van der Waals surface area contributed by atoms with Gasteiger partial charge in [0.2, 0.25) is 5.91 Å². The highest BCUT2D eigenvalue weighted by atomic mass is 19.1. The van der Waals surface area contributed by atoms with E-state index in [9.17, 15) is 9.18 Å². The van der Waals surface area contributed by atoms with E-state index in [-0.39, 0.29) is 11.7 Å². The molecule has 7 nitrogen and oxygen atoms in total. The topological polar surface area (TPSA) is 65.8 Å². The Hall–Kier alpha value is -3.00. The average molecular weight is 423 g/mol. The first-order valence-corrected chi connectivity index (χ1v) is 10.9. The van der Waals surface area contributed by atoms with Crippen molar-refractivity contribution in [3.8, 4) is 0 Å². The molecule has 5 heterocycles. The molecule has 1 amide bonds. The van der Waals surface area contributed by atoms with Crippen molar-refractivity contribution in [2.45, 2.75) is 44.8 Å². The lowest BCUT2D eigenvalue weighted by atomic mass is 10.1. The number of carbonyl (C=O) groups is 1. The summed E-state index contributed by atoms with van der Waals surface area (Å²) in [5.74, 6) is 0.913. The van der Waals surface area contributed by atoms with E-state index < -0.39 is 0 Å². The molecule has 162 valence electrons. The van der Waals surface area contributed by atoms with Gasteiger partial charge in [0.05, 0.1) is 5.52 Å². The monoisotopic (exact) mass is 422 g/mol. The number of amides is 1. The van der Waals surface area contributed by atoms with Crippen molar-refractivity contribution in [1.82, 2.24) is 24.8 Å². The summed E-state index contributed by atoms with van der Waals surface area (Å²) in [4.78, 5) is 21.8. The van der Waals surface area contributed by atoms with E-state index in [0.717, 1.165) is 42.8 Å². The lowest BCUT2D eigenvalue weighted by molar-refractivity contribution is -0.132. The minimum absolute atomic E-state index is 0.156. The highest BCUT2D eigenvalue weighted by molar-refractivity contribution is 5.77. The van der Waals surface area contributed by atoms with Crippen LogP contribution in [-0.2, 0) is 11.3 Å². The quantitative estimate of drug-likeness (QED) is 0.619. The van der Waals surface area contributed by atoms with E-state index >= 15 is 0 Å². The van der Waals surface area contributed by atoms with Crippen molar-refractivity contribution < 1.29 is 9.18 Å². The summed E-state index contributed by atoms with van der Waals surface area (Å²) in [6.07, 6.45) is 7.77. The molecule has 1 N–H and O–H groups in total. The molecule has 0 spiro atoms. The van der Waals surface area contributed by atoms with Gasteiger partial charge >= 0.3 is 0 Å². The van der Waals surface area contributed by atoms with Gasteiger partial charge in [-0.1, -0.05) is 6.07 Å². The Kier molecular flexibility index (Phi) is 5.31. The fourth-order valence-corrected chi connectivity index (χ4v) is 4.87. The van der Waals surface area contributed by atoms with Crippen molar-refractivity contribution in [3.05, 3.63) is 59.8 Å². The van der Waals surface area contributed by atoms with Gasteiger partial charge in [0.1, 0.15) is 11.6 Å². The maximum Gasteiger partial charge on any atom is 0.223 e. The number of rotatable bonds is 6. The van der Waals surface area contributed by atoms with Crippen molar-refractivity contribution in [1.29, 1.82) is 0 Å². The molecule has 3 aromatic heterocycles. The van der Waals surface area contributed by atoms with Gasteiger partial charge in [-0.2, -0.15) is 5.10 Å². The normalized spacial score (nSPS) is 20.6. The average Bonchev–Trinajstić information content (AvgIpc) is 3.34. The molecule has 2 fully saturated rings. The Morgan fingerprint density at radius 2 is 2.00 bits per heavy atom. The van der Waals surface area contributed by atoms with E-state index in [1.54, 1.807) is 23.0 Å². The number of hydrogen-bond donors (Lipinski definition) is 1. The molecular weight excluding hydrogens is 395 g/mol. The summed E-state index contributed by atoms with van der Waals surface area (Å²) in [6, 6.07) is 8.06. The Bertz CT molecular complexity index is 1070. The number of piperazine rings is 1. The third-order valence-corrected chi connectivity index (χ3v) is 6.44. The second kappa shape index (κ2) is 8.26. The van der Waals surface area contributed by atoms with Gasteiger partial charge < -0.3 is 15.1 Å². The van der Waals surface area contributed by atoms with Gasteiger partial charge in [0.15, 0.2) is 0 Å². The van der Waals surface area contributed by atoms with Crippen LogP contribution in [0.15, 0.2) is 42.9 Å². The molecule has 2 unspecified atom stereocenters. The molecule has 31 heavy (non-hydrogen) atoms. The minimum Gasteiger partial charge on any atom is -0.347 e. The van der Waals surface area contributed by atoms with Gasteiger partial charge in [0.25, 0.3) is 0 Å². The van der Waals surface area contributed by atoms with E-state index in [1.807, 2.05) is 18.0 Å². The van der Waals surface area contributed by atoms with Gasteiger partial charge in [-0.3, -0.25) is 4.79 Å². The fraction of sp³-hybridized carbons (Fsp3) is 0.435. The van der Waals surface area contributed by atoms with E-state index in [1.165, 1.54) is 6.07 Å². The molecular formula is C23H27FN6O. The van der Waals surface area contributed by atoms with Gasteiger partial charge in [-0.15, -0.1) is 0 Å². The first-order chi connectivity index (χ1) is 15.1. The third-order valence-electron chi connectivity index (χ3n) is 6.44. The van der Waals surface area contributed by atoms with Crippen molar-refractivity contribution >= 4 is 17.2 Å². The molecule has 2 saturated heterocycles. The zero-order valence-corrected chi connectivity index (χ0v) is 17.7. The van der Waals surface area contributed by atoms with Crippen LogP contribution in [0, 0.1) is 12.7 Å². The maximum atomic E-state index is 14.2. The Morgan fingerprint density at radius 1 is 1.19 bits per heavy atom.